The van der Waals surface area contributed by atoms with E-state index in [1.165, 1.54) is 0 Å². The Morgan fingerprint density at radius 1 is 0.750 bits per heavy atom. The minimum absolute atomic E-state index is 0.0101. The Morgan fingerprint density at radius 3 is 1.50 bits per heavy atom. The second-order valence-electron chi connectivity index (χ2n) is 3.68. The van der Waals surface area contributed by atoms with Gasteiger partial charge in [-0.1, -0.05) is 0 Å². The zero-order valence-electron chi connectivity index (χ0n) is 10.3. The molecule has 8 nitrogen and oxygen atoms in total. The normalized spacial score (nSPS) is 10.8. The summed E-state index contributed by atoms with van der Waals surface area (Å²) < 4.78 is 0. The molecule has 0 saturated heterocycles. The maximum absolute atomic E-state index is 8.86. The molecule has 0 aliphatic carbocycles. The van der Waals surface area contributed by atoms with Gasteiger partial charge in [0.1, 0.15) is 11.0 Å². The molecule has 0 fully saturated rings. The van der Waals surface area contributed by atoms with Crippen molar-refractivity contribution in [3.05, 3.63) is 10.6 Å². The highest BCUT2D eigenvalue weighted by Crippen LogP contribution is 2.26. The van der Waals surface area contributed by atoms with Crippen LogP contribution in [-0.2, 0) is 0 Å². The summed E-state index contributed by atoms with van der Waals surface area (Å²) in [4.78, 5) is 16.1. The smallest absolute Gasteiger partial charge is 0.225 e. The van der Waals surface area contributed by atoms with Crippen molar-refractivity contribution in [1.29, 1.82) is 0 Å². The molecule has 0 aromatic carbocycles. The maximum Gasteiger partial charge on any atom is 0.225 e. The zero-order chi connectivity index (χ0) is 14.5. The summed E-state index contributed by atoms with van der Waals surface area (Å²) in [6.45, 7) is 0.419. The predicted molar refractivity (Wildman–Crippen MR) is 76.3 cm³/mol. The van der Waals surface area contributed by atoms with Crippen molar-refractivity contribution in [1.82, 2.24) is 19.9 Å². The van der Waals surface area contributed by atoms with Gasteiger partial charge >= 0.3 is 0 Å². The minimum Gasteiger partial charge on any atom is -0.395 e. The van der Waals surface area contributed by atoms with Gasteiger partial charge in [0.25, 0.3) is 0 Å². The fourth-order valence-electron chi connectivity index (χ4n) is 1.56. The summed E-state index contributed by atoms with van der Waals surface area (Å²) in [6.07, 6.45) is 0. The number of fused-ring (bicyclic) bond motifs is 1. The van der Waals surface area contributed by atoms with Crippen molar-refractivity contribution in [3.63, 3.8) is 0 Å². The Hall–Kier alpha value is -1.48. The van der Waals surface area contributed by atoms with Crippen LogP contribution >= 0.6 is 23.2 Å². The first kappa shape index (κ1) is 14.9. The van der Waals surface area contributed by atoms with Crippen LogP contribution < -0.4 is 10.6 Å². The lowest BCUT2D eigenvalue weighted by Crippen LogP contribution is -2.12. The number of hydrogen-bond acceptors (Lipinski definition) is 8. The SMILES string of the molecule is OCCNc1nc(Cl)nc2c(NCCO)nc(Cl)nc12. The summed E-state index contributed by atoms with van der Waals surface area (Å²) in [6, 6.07) is 0. The van der Waals surface area contributed by atoms with Gasteiger partial charge in [-0.05, 0) is 23.2 Å². The molecule has 20 heavy (non-hydrogen) atoms. The molecule has 108 valence electrons. The lowest BCUT2D eigenvalue weighted by atomic mass is 10.3. The van der Waals surface area contributed by atoms with Crippen LogP contribution in [-0.4, -0.2) is 56.5 Å². The number of halogens is 2. The average Bonchev–Trinajstić information content (AvgIpc) is 2.43. The largest absolute Gasteiger partial charge is 0.395 e. The maximum atomic E-state index is 8.86. The number of aliphatic hydroxyl groups is 2. The van der Waals surface area contributed by atoms with Gasteiger partial charge in [-0.25, -0.2) is 9.97 Å². The highest BCUT2D eigenvalue weighted by atomic mass is 35.5. The molecule has 0 atom stereocenters. The molecule has 0 spiro atoms. The highest BCUT2D eigenvalue weighted by molar-refractivity contribution is 6.30. The van der Waals surface area contributed by atoms with E-state index in [1.807, 2.05) is 0 Å². The van der Waals surface area contributed by atoms with E-state index in [0.29, 0.717) is 22.7 Å². The van der Waals surface area contributed by atoms with E-state index < -0.39 is 0 Å². The monoisotopic (exact) mass is 318 g/mol. The third kappa shape index (κ3) is 3.34. The molecule has 0 aliphatic heterocycles. The molecule has 0 radical (unpaired) electrons. The Labute approximate surface area is 124 Å². The van der Waals surface area contributed by atoms with Gasteiger partial charge in [0, 0.05) is 13.1 Å². The van der Waals surface area contributed by atoms with Gasteiger partial charge < -0.3 is 20.8 Å². The Kier molecular flexibility index (Phi) is 5.07. The molecule has 4 N–H and O–H groups in total. The number of aliphatic hydroxyl groups excluding tert-OH is 2. The lowest BCUT2D eigenvalue weighted by Gasteiger charge is -2.10. The van der Waals surface area contributed by atoms with Crippen LogP contribution in [0.2, 0.25) is 10.6 Å². The molecule has 0 amide bonds. The first-order valence-corrected chi connectivity index (χ1v) is 6.51. The number of anilines is 2. The van der Waals surface area contributed by atoms with Gasteiger partial charge in [0.05, 0.1) is 13.2 Å². The van der Waals surface area contributed by atoms with E-state index >= 15 is 0 Å². The van der Waals surface area contributed by atoms with Crippen molar-refractivity contribution in [2.45, 2.75) is 0 Å². The van der Waals surface area contributed by atoms with E-state index in [1.54, 1.807) is 0 Å². The number of nitrogens with one attached hydrogen (secondary N) is 2. The summed E-state index contributed by atoms with van der Waals surface area (Å²) in [5.41, 5.74) is 0.756. The molecule has 0 aliphatic rings. The van der Waals surface area contributed by atoms with E-state index in [2.05, 4.69) is 30.6 Å². The van der Waals surface area contributed by atoms with Gasteiger partial charge in [-0.15, -0.1) is 0 Å². The van der Waals surface area contributed by atoms with Crippen molar-refractivity contribution in [2.24, 2.45) is 0 Å². The van der Waals surface area contributed by atoms with E-state index in [4.69, 9.17) is 33.4 Å². The zero-order valence-corrected chi connectivity index (χ0v) is 11.8. The van der Waals surface area contributed by atoms with E-state index in [-0.39, 0.29) is 36.9 Å². The van der Waals surface area contributed by atoms with E-state index in [0.717, 1.165) is 0 Å². The molecule has 0 bridgehead atoms. The van der Waals surface area contributed by atoms with Gasteiger partial charge in [0.15, 0.2) is 11.6 Å². The number of hydrogen-bond donors (Lipinski definition) is 4. The summed E-state index contributed by atoms with van der Waals surface area (Å²) in [5.74, 6) is 0.704. The van der Waals surface area contributed by atoms with Gasteiger partial charge in [-0.2, -0.15) is 9.97 Å². The van der Waals surface area contributed by atoms with Crippen molar-refractivity contribution >= 4 is 45.9 Å². The van der Waals surface area contributed by atoms with E-state index in [9.17, 15) is 0 Å². The molecule has 0 saturated carbocycles. The second-order valence-corrected chi connectivity index (χ2v) is 4.36. The van der Waals surface area contributed by atoms with Crippen LogP contribution in [0.3, 0.4) is 0 Å². The quantitative estimate of drug-likeness (QED) is 0.570. The third-order valence-electron chi connectivity index (χ3n) is 2.30. The molecule has 10 heteroatoms. The molecule has 2 aromatic heterocycles. The van der Waals surface area contributed by atoms with Gasteiger partial charge in [0.2, 0.25) is 10.6 Å². The molecule has 2 aromatic rings. The lowest BCUT2D eigenvalue weighted by molar-refractivity contribution is 0.310. The fraction of sp³-hybridized carbons (Fsp3) is 0.400. The Bertz CT molecular complexity index is 559. The standard InChI is InChI=1S/C10H12Cl2N6O2/c11-9-16-6-5(7(17-9)13-1-3-19)15-10(12)18-8(6)14-2-4-20/h19-20H,1-4H2,(H,13,16,17)(H,14,15,18). The second kappa shape index (κ2) is 6.80. The average molecular weight is 319 g/mol. The number of aromatic nitrogens is 4. The van der Waals surface area contributed by atoms with Crippen LogP contribution in [0.25, 0.3) is 11.0 Å². The van der Waals surface area contributed by atoms with Crippen LogP contribution in [0, 0.1) is 0 Å². The fourth-order valence-corrected chi connectivity index (χ4v) is 1.89. The summed E-state index contributed by atoms with van der Waals surface area (Å²) >= 11 is 11.7. The van der Waals surface area contributed by atoms with Crippen molar-refractivity contribution in [2.75, 3.05) is 36.9 Å². The molecule has 0 unspecified atom stereocenters. The van der Waals surface area contributed by atoms with Gasteiger partial charge in [-0.3, -0.25) is 0 Å². The Balaban J connectivity index is 2.55. The molecule has 2 rings (SSSR count). The van der Waals surface area contributed by atoms with Crippen LogP contribution in [0.1, 0.15) is 0 Å². The topological polar surface area (TPSA) is 116 Å². The van der Waals surface area contributed by atoms with Crippen LogP contribution in [0.4, 0.5) is 11.6 Å². The Morgan fingerprint density at radius 2 is 1.15 bits per heavy atom. The number of rotatable bonds is 6. The predicted octanol–water partition coefficient (Wildman–Crippen LogP) is 0.535. The van der Waals surface area contributed by atoms with Crippen LogP contribution in [0.15, 0.2) is 0 Å². The van der Waals surface area contributed by atoms with Crippen molar-refractivity contribution < 1.29 is 10.2 Å². The third-order valence-corrected chi connectivity index (χ3v) is 2.64. The summed E-state index contributed by atoms with van der Waals surface area (Å²) in [7, 11) is 0. The first-order valence-electron chi connectivity index (χ1n) is 5.76. The minimum atomic E-state index is -0.0719. The molecular formula is C10H12Cl2N6O2. The molecule has 2 heterocycles. The first-order chi connectivity index (χ1) is 9.65. The summed E-state index contributed by atoms with van der Waals surface area (Å²) in [5, 5.41) is 23.5. The highest BCUT2D eigenvalue weighted by Gasteiger charge is 2.14. The molecular weight excluding hydrogens is 307 g/mol. The van der Waals surface area contributed by atoms with Crippen molar-refractivity contribution in [3.8, 4) is 0 Å². The number of nitrogens with zero attached hydrogens (tertiary/aromatic N) is 4. The van der Waals surface area contributed by atoms with Crippen LogP contribution in [0.5, 0.6) is 0 Å².